The first-order valence-corrected chi connectivity index (χ1v) is 13.4. The predicted molar refractivity (Wildman–Crippen MR) is 152 cm³/mol. The SMILES string of the molecule is C=C1C2C(CCc3ccc4c(oc5ccccc54)c3-c3ccc(C)c[n+]31)c1ccccc1-c1cccc[n+]12. The molecule has 0 saturated heterocycles. The van der Waals surface area contributed by atoms with Crippen molar-refractivity contribution in [3.05, 3.63) is 127 Å². The number of hydrogen-bond donors (Lipinski definition) is 0. The van der Waals surface area contributed by atoms with Gasteiger partial charge in [-0.1, -0.05) is 48.5 Å². The van der Waals surface area contributed by atoms with Crippen molar-refractivity contribution in [1.29, 1.82) is 0 Å². The van der Waals surface area contributed by atoms with Gasteiger partial charge in [0.1, 0.15) is 11.2 Å². The highest BCUT2D eigenvalue weighted by molar-refractivity contribution is 6.09. The molecule has 0 fully saturated rings. The van der Waals surface area contributed by atoms with Crippen LogP contribution in [-0.4, -0.2) is 0 Å². The Morgan fingerprint density at radius 2 is 1.66 bits per heavy atom. The summed E-state index contributed by atoms with van der Waals surface area (Å²) in [5.41, 5.74) is 11.8. The van der Waals surface area contributed by atoms with Crippen molar-refractivity contribution in [1.82, 2.24) is 0 Å². The fraction of sp³-hybridized carbons (Fsp3) is 0.143. The van der Waals surface area contributed by atoms with E-state index >= 15 is 0 Å². The van der Waals surface area contributed by atoms with E-state index in [2.05, 4.69) is 113 Å². The van der Waals surface area contributed by atoms with E-state index in [1.807, 2.05) is 6.07 Å². The van der Waals surface area contributed by atoms with Gasteiger partial charge in [0.25, 0.3) is 0 Å². The smallest absolute Gasteiger partial charge is 0.249 e. The molecule has 0 aliphatic carbocycles. The van der Waals surface area contributed by atoms with Gasteiger partial charge >= 0.3 is 0 Å². The summed E-state index contributed by atoms with van der Waals surface area (Å²) in [6, 6.07) is 32.9. The van der Waals surface area contributed by atoms with Crippen LogP contribution in [0.15, 0.2) is 114 Å². The fourth-order valence-corrected chi connectivity index (χ4v) is 6.87. The molecular formula is C35H28N2O+2. The largest absolute Gasteiger partial charge is 0.455 e. The summed E-state index contributed by atoms with van der Waals surface area (Å²) in [5.74, 6) is 0.303. The summed E-state index contributed by atoms with van der Waals surface area (Å²) in [7, 11) is 0. The lowest BCUT2D eigenvalue weighted by Gasteiger charge is -2.29. The molecular weight excluding hydrogens is 464 g/mol. The number of pyridine rings is 2. The molecule has 0 N–H and O–H groups in total. The van der Waals surface area contributed by atoms with Crippen molar-refractivity contribution in [2.45, 2.75) is 31.7 Å². The van der Waals surface area contributed by atoms with E-state index < -0.39 is 0 Å². The van der Waals surface area contributed by atoms with Crippen LogP contribution in [-0.2, 0) is 6.42 Å². The van der Waals surface area contributed by atoms with Crippen LogP contribution < -0.4 is 9.13 Å². The molecule has 182 valence electrons. The molecule has 8 rings (SSSR count). The summed E-state index contributed by atoms with van der Waals surface area (Å²) in [6.45, 7) is 6.96. The Labute approximate surface area is 221 Å². The van der Waals surface area contributed by atoms with E-state index in [9.17, 15) is 0 Å². The Kier molecular flexibility index (Phi) is 4.54. The lowest BCUT2D eigenvalue weighted by Crippen LogP contribution is -2.53. The highest BCUT2D eigenvalue weighted by Gasteiger charge is 2.46. The molecule has 0 radical (unpaired) electrons. The quantitative estimate of drug-likeness (QED) is 0.200. The summed E-state index contributed by atoms with van der Waals surface area (Å²) >= 11 is 0. The first-order valence-electron chi connectivity index (χ1n) is 13.4. The van der Waals surface area contributed by atoms with Crippen LogP contribution in [0.25, 0.3) is 50.2 Å². The third kappa shape index (κ3) is 2.96. The molecule has 3 heteroatoms. The maximum Gasteiger partial charge on any atom is 0.249 e. The van der Waals surface area contributed by atoms with Crippen LogP contribution >= 0.6 is 0 Å². The van der Waals surface area contributed by atoms with Crippen LogP contribution in [0.1, 0.15) is 35.1 Å². The molecule has 2 atom stereocenters. The third-order valence-corrected chi connectivity index (χ3v) is 8.57. The monoisotopic (exact) mass is 492 g/mol. The minimum Gasteiger partial charge on any atom is -0.455 e. The van der Waals surface area contributed by atoms with Gasteiger partial charge in [0.15, 0.2) is 12.4 Å². The van der Waals surface area contributed by atoms with Crippen LogP contribution in [0.3, 0.4) is 0 Å². The summed E-state index contributed by atoms with van der Waals surface area (Å²) in [4.78, 5) is 0. The Balaban J connectivity index is 1.45. The molecule has 2 aliphatic rings. The van der Waals surface area contributed by atoms with E-state index in [4.69, 9.17) is 11.0 Å². The molecule has 3 aromatic heterocycles. The first-order chi connectivity index (χ1) is 18.7. The Morgan fingerprint density at radius 1 is 0.816 bits per heavy atom. The fourth-order valence-electron chi connectivity index (χ4n) is 6.87. The van der Waals surface area contributed by atoms with Gasteiger partial charge in [-0.25, -0.2) is 0 Å². The molecule has 3 aromatic carbocycles. The Morgan fingerprint density at radius 3 is 2.61 bits per heavy atom. The van der Waals surface area contributed by atoms with Crippen molar-refractivity contribution < 1.29 is 13.6 Å². The van der Waals surface area contributed by atoms with Gasteiger partial charge in [0, 0.05) is 40.1 Å². The average Bonchev–Trinajstić information content (AvgIpc) is 3.35. The van der Waals surface area contributed by atoms with Crippen molar-refractivity contribution in [2.75, 3.05) is 0 Å². The lowest BCUT2D eigenvalue weighted by molar-refractivity contribution is -0.727. The number of allylic oxidation sites excluding steroid dienone is 1. The van der Waals surface area contributed by atoms with Crippen LogP contribution in [0, 0.1) is 6.92 Å². The summed E-state index contributed by atoms with van der Waals surface area (Å²) in [6.07, 6.45) is 6.46. The van der Waals surface area contributed by atoms with Gasteiger partial charge in [-0.2, -0.15) is 9.13 Å². The number of aryl methyl sites for hydroxylation is 2. The van der Waals surface area contributed by atoms with E-state index in [1.54, 1.807) is 0 Å². The van der Waals surface area contributed by atoms with Gasteiger partial charge in [0.05, 0.1) is 11.5 Å². The Hall–Kier alpha value is -4.50. The number of fused-ring (bicyclic) bond motifs is 13. The van der Waals surface area contributed by atoms with E-state index in [-0.39, 0.29) is 6.04 Å². The van der Waals surface area contributed by atoms with E-state index in [1.165, 1.54) is 38.9 Å². The third-order valence-electron chi connectivity index (χ3n) is 8.57. The lowest BCUT2D eigenvalue weighted by atomic mass is 9.78. The predicted octanol–water partition coefficient (Wildman–Crippen LogP) is 7.56. The topological polar surface area (TPSA) is 20.9 Å². The minimum atomic E-state index is 0.104. The maximum absolute atomic E-state index is 6.59. The molecule has 5 heterocycles. The number of hydrogen-bond acceptors (Lipinski definition) is 1. The molecule has 38 heavy (non-hydrogen) atoms. The van der Waals surface area contributed by atoms with Crippen LogP contribution in [0.2, 0.25) is 0 Å². The van der Waals surface area contributed by atoms with Gasteiger partial charge in [0.2, 0.25) is 23.1 Å². The zero-order valence-corrected chi connectivity index (χ0v) is 21.4. The second-order valence-corrected chi connectivity index (χ2v) is 10.7. The summed E-state index contributed by atoms with van der Waals surface area (Å²) < 4.78 is 11.4. The number of aromatic nitrogens is 2. The zero-order chi connectivity index (χ0) is 25.4. The summed E-state index contributed by atoms with van der Waals surface area (Å²) in [5, 5.41) is 2.33. The molecule has 6 aromatic rings. The molecule has 0 saturated carbocycles. The van der Waals surface area contributed by atoms with Gasteiger partial charge < -0.3 is 4.42 Å². The van der Waals surface area contributed by atoms with Gasteiger partial charge in [-0.15, -0.1) is 0 Å². The zero-order valence-electron chi connectivity index (χ0n) is 21.4. The van der Waals surface area contributed by atoms with Gasteiger partial charge in [-0.05, 0) is 61.7 Å². The molecule has 2 aliphatic heterocycles. The second-order valence-electron chi connectivity index (χ2n) is 10.7. The standard InChI is InChI=1S/C35H28N2O/c1-22-14-19-31-33-24(16-18-29-27-11-5-6-13-32(27)38-35(29)33)15-17-28-25-9-3-4-10-26(25)30-12-7-8-20-36(30)34(28)23(2)37(31)21-22/h3-14,16,18-21,28,34H,2,15,17H2,1H3/q+2. The molecule has 0 bridgehead atoms. The van der Waals surface area contributed by atoms with Crippen molar-refractivity contribution in [2.24, 2.45) is 0 Å². The van der Waals surface area contributed by atoms with Crippen molar-refractivity contribution in [3.8, 4) is 22.5 Å². The van der Waals surface area contributed by atoms with E-state index in [0.29, 0.717) is 5.92 Å². The second kappa shape index (κ2) is 8.00. The maximum atomic E-state index is 6.59. The van der Waals surface area contributed by atoms with E-state index in [0.717, 1.165) is 40.8 Å². The van der Waals surface area contributed by atoms with Crippen molar-refractivity contribution in [3.63, 3.8) is 0 Å². The molecule has 0 amide bonds. The number of para-hydroxylation sites is 1. The normalized spacial score (nSPS) is 18.0. The highest BCUT2D eigenvalue weighted by Crippen LogP contribution is 2.46. The number of benzene rings is 3. The minimum absolute atomic E-state index is 0.104. The van der Waals surface area contributed by atoms with Crippen LogP contribution in [0.5, 0.6) is 0 Å². The van der Waals surface area contributed by atoms with Gasteiger partial charge in [-0.3, -0.25) is 0 Å². The molecule has 3 nitrogen and oxygen atoms in total. The van der Waals surface area contributed by atoms with Crippen LogP contribution in [0.4, 0.5) is 0 Å². The number of rotatable bonds is 0. The number of nitrogens with zero attached hydrogens (tertiary/aromatic N) is 2. The van der Waals surface area contributed by atoms with Crippen molar-refractivity contribution >= 4 is 27.6 Å². The molecule has 2 unspecified atom stereocenters. The average molecular weight is 493 g/mol. The first kappa shape index (κ1) is 21.6. The highest BCUT2D eigenvalue weighted by atomic mass is 16.3. The molecule has 0 spiro atoms. The number of furan rings is 1. The Bertz CT molecular complexity index is 1930.